The number of carbonyl (C=O) groups is 1. The van der Waals surface area contributed by atoms with E-state index in [-0.39, 0.29) is 17.1 Å². The second-order valence-corrected chi connectivity index (χ2v) is 8.60. The molecule has 1 aliphatic rings. The maximum absolute atomic E-state index is 13.4. The molecule has 0 unspecified atom stereocenters. The molecule has 0 spiro atoms. The van der Waals surface area contributed by atoms with Crippen molar-refractivity contribution in [2.45, 2.75) is 18.4 Å². The molecular weight excluding hydrogens is 414 g/mol. The fourth-order valence-corrected chi connectivity index (χ4v) is 5.02. The Bertz CT molecular complexity index is 1260. The maximum atomic E-state index is 13.4. The van der Waals surface area contributed by atoms with Crippen LogP contribution < -0.4 is 13.9 Å². The third kappa shape index (κ3) is 3.71. The van der Waals surface area contributed by atoms with E-state index in [1.54, 1.807) is 66.7 Å². The first-order valence-electron chi connectivity index (χ1n) is 9.63. The van der Waals surface area contributed by atoms with Gasteiger partial charge in [-0.1, -0.05) is 24.3 Å². The van der Waals surface area contributed by atoms with E-state index in [9.17, 15) is 13.2 Å². The van der Waals surface area contributed by atoms with Gasteiger partial charge in [-0.3, -0.25) is 4.90 Å². The van der Waals surface area contributed by atoms with E-state index >= 15 is 0 Å². The van der Waals surface area contributed by atoms with Crippen LogP contribution in [0.2, 0.25) is 0 Å². The lowest BCUT2D eigenvalue weighted by molar-refractivity contribution is 0.253. The van der Waals surface area contributed by atoms with Gasteiger partial charge in [0.25, 0.3) is 10.0 Å². The third-order valence-corrected chi connectivity index (χ3v) is 6.63. The Morgan fingerprint density at radius 3 is 2.29 bits per heavy atom. The molecule has 0 saturated carbocycles. The van der Waals surface area contributed by atoms with E-state index in [1.165, 1.54) is 11.0 Å². The minimum atomic E-state index is -4.09. The highest BCUT2D eigenvalue weighted by Gasteiger charge is 2.42. The predicted molar refractivity (Wildman–Crippen MR) is 116 cm³/mol. The number of para-hydroxylation sites is 1. The Kier molecular flexibility index (Phi) is 5.36. The first-order chi connectivity index (χ1) is 15.0. The fourth-order valence-electron chi connectivity index (χ4n) is 3.43. The molecule has 3 aromatic rings. The van der Waals surface area contributed by atoms with Crippen molar-refractivity contribution in [2.75, 3.05) is 15.8 Å². The van der Waals surface area contributed by atoms with Crippen molar-refractivity contribution < 1.29 is 17.9 Å². The van der Waals surface area contributed by atoms with Gasteiger partial charge in [-0.15, -0.1) is 0 Å². The molecular formula is C23H19N3O4S. The highest BCUT2D eigenvalue weighted by molar-refractivity contribution is 7.94. The Hall–Kier alpha value is -3.83. The average Bonchev–Trinajstić information content (AvgIpc) is 2.78. The molecule has 156 valence electrons. The van der Waals surface area contributed by atoms with Crippen LogP contribution in [0.4, 0.5) is 16.2 Å². The first kappa shape index (κ1) is 20.4. The van der Waals surface area contributed by atoms with E-state index in [2.05, 4.69) is 6.07 Å². The zero-order valence-electron chi connectivity index (χ0n) is 16.7. The number of nitrogens with zero attached hydrogens (tertiary/aromatic N) is 3. The number of amides is 2. The van der Waals surface area contributed by atoms with Gasteiger partial charge in [-0.05, 0) is 61.0 Å². The van der Waals surface area contributed by atoms with Crippen molar-refractivity contribution >= 4 is 27.4 Å². The molecule has 0 radical (unpaired) electrons. The Morgan fingerprint density at radius 1 is 0.968 bits per heavy atom. The van der Waals surface area contributed by atoms with Gasteiger partial charge in [0.15, 0.2) is 0 Å². The lowest BCUT2D eigenvalue weighted by atomic mass is 10.1. The molecule has 0 aromatic heterocycles. The summed E-state index contributed by atoms with van der Waals surface area (Å²) < 4.78 is 32.9. The van der Waals surface area contributed by atoms with Crippen LogP contribution in [0.1, 0.15) is 18.1 Å². The zero-order valence-corrected chi connectivity index (χ0v) is 17.5. The molecule has 0 bridgehead atoms. The van der Waals surface area contributed by atoms with Crippen molar-refractivity contribution in [3.05, 3.63) is 83.9 Å². The topological polar surface area (TPSA) is 90.7 Å². The normalized spacial score (nSPS) is 14.6. The van der Waals surface area contributed by atoms with Crippen LogP contribution in [0.15, 0.2) is 77.7 Å². The molecule has 2 amide bonds. The molecule has 3 aromatic carbocycles. The number of carbonyl (C=O) groups excluding carboxylic acids is 1. The fraction of sp³-hybridized carbons (Fsp3) is 0.130. The van der Waals surface area contributed by atoms with E-state index < -0.39 is 16.1 Å². The molecule has 7 nitrogen and oxygen atoms in total. The van der Waals surface area contributed by atoms with Crippen molar-refractivity contribution in [3.63, 3.8) is 0 Å². The second kappa shape index (κ2) is 8.13. The monoisotopic (exact) mass is 433 g/mol. The summed E-state index contributed by atoms with van der Waals surface area (Å²) in [6, 6.07) is 21.0. The van der Waals surface area contributed by atoms with Crippen molar-refractivity contribution in [1.29, 1.82) is 5.26 Å². The number of anilines is 2. The SMILES string of the molecule is CCOc1ccc(N2C(=O)N(Cc3ccc(C#N)cc3)c3ccccc3S2(=O)=O)cc1. The number of benzene rings is 3. The number of sulfonamides is 1. The molecule has 0 saturated heterocycles. The highest BCUT2D eigenvalue weighted by Crippen LogP contribution is 2.38. The van der Waals surface area contributed by atoms with Gasteiger partial charge in [0.1, 0.15) is 10.6 Å². The molecule has 1 aliphatic heterocycles. The van der Waals surface area contributed by atoms with Crippen LogP contribution in [-0.2, 0) is 16.6 Å². The lowest BCUT2D eigenvalue weighted by Crippen LogP contribution is -2.50. The molecule has 8 heteroatoms. The Morgan fingerprint density at radius 2 is 1.65 bits per heavy atom. The summed E-state index contributed by atoms with van der Waals surface area (Å²) in [5.41, 5.74) is 1.83. The van der Waals surface area contributed by atoms with Gasteiger partial charge in [0.2, 0.25) is 0 Å². The summed E-state index contributed by atoms with van der Waals surface area (Å²) in [4.78, 5) is 14.9. The number of nitriles is 1. The molecule has 0 atom stereocenters. The summed E-state index contributed by atoms with van der Waals surface area (Å²) in [6.07, 6.45) is 0. The van der Waals surface area contributed by atoms with E-state index in [1.807, 2.05) is 6.92 Å². The van der Waals surface area contributed by atoms with Crippen LogP contribution in [-0.4, -0.2) is 21.1 Å². The standard InChI is InChI=1S/C23H19N3O4S/c1-2-30-20-13-11-19(12-14-20)26-23(27)25(16-18-9-7-17(15-24)8-10-18)21-5-3-4-6-22(21)31(26,28)29/h3-14H,2,16H2,1H3. The van der Waals surface area contributed by atoms with Crippen molar-refractivity contribution in [2.24, 2.45) is 0 Å². The first-order valence-corrected chi connectivity index (χ1v) is 11.1. The molecule has 4 rings (SSSR count). The summed E-state index contributed by atoms with van der Waals surface area (Å²) in [6.45, 7) is 2.49. The highest BCUT2D eigenvalue weighted by atomic mass is 32.2. The average molecular weight is 433 g/mol. The molecule has 0 N–H and O–H groups in total. The summed E-state index contributed by atoms with van der Waals surface area (Å²) in [5, 5.41) is 9.00. The third-order valence-electron chi connectivity index (χ3n) is 4.88. The summed E-state index contributed by atoms with van der Waals surface area (Å²) in [5.74, 6) is 0.586. The molecule has 0 fully saturated rings. The van der Waals surface area contributed by atoms with Gasteiger partial charge < -0.3 is 4.74 Å². The minimum Gasteiger partial charge on any atom is -0.494 e. The number of hydrogen-bond donors (Lipinski definition) is 0. The van der Waals surface area contributed by atoms with Gasteiger partial charge in [0, 0.05) is 0 Å². The Balaban J connectivity index is 1.78. The van der Waals surface area contributed by atoms with E-state index in [0.717, 1.165) is 9.87 Å². The van der Waals surface area contributed by atoms with E-state index in [4.69, 9.17) is 10.00 Å². The van der Waals surface area contributed by atoms with Crippen molar-refractivity contribution in [3.8, 4) is 11.8 Å². The summed E-state index contributed by atoms with van der Waals surface area (Å²) >= 11 is 0. The quantitative estimate of drug-likeness (QED) is 0.599. The number of urea groups is 1. The van der Waals surface area contributed by atoms with Gasteiger partial charge in [-0.25, -0.2) is 13.2 Å². The molecule has 0 aliphatic carbocycles. The largest absolute Gasteiger partial charge is 0.494 e. The Labute approximate surface area is 180 Å². The maximum Gasteiger partial charge on any atom is 0.343 e. The number of hydrogen-bond acceptors (Lipinski definition) is 5. The smallest absolute Gasteiger partial charge is 0.343 e. The van der Waals surface area contributed by atoms with Crippen LogP contribution in [0.3, 0.4) is 0 Å². The zero-order chi connectivity index (χ0) is 22.0. The lowest BCUT2D eigenvalue weighted by Gasteiger charge is -2.36. The van der Waals surface area contributed by atoms with Crippen LogP contribution in [0.25, 0.3) is 0 Å². The van der Waals surface area contributed by atoms with E-state index in [0.29, 0.717) is 23.6 Å². The molecule has 31 heavy (non-hydrogen) atoms. The van der Waals surface area contributed by atoms with Crippen LogP contribution in [0, 0.1) is 11.3 Å². The van der Waals surface area contributed by atoms with Crippen LogP contribution in [0.5, 0.6) is 5.75 Å². The predicted octanol–water partition coefficient (Wildman–Crippen LogP) is 4.29. The molecule has 1 heterocycles. The minimum absolute atomic E-state index is 0.0529. The summed E-state index contributed by atoms with van der Waals surface area (Å²) in [7, 11) is -4.09. The van der Waals surface area contributed by atoms with Gasteiger partial charge >= 0.3 is 6.03 Å². The second-order valence-electron chi connectivity index (χ2n) is 6.84. The van der Waals surface area contributed by atoms with Crippen LogP contribution >= 0.6 is 0 Å². The van der Waals surface area contributed by atoms with Gasteiger partial charge in [-0.2, -0.15) is 9.57 Å². The van der Waals surface area contributed by atoms with Gasteiger partial charge in [0.05, 0.1) is 36.2 Å². The number of fused-ring (bicyclic) bond motifs is 1. The van der Waals surface area contributed by atoms with Crippen molar-refractivity contribution in [1.82, 2.24) is 0 Å². The number of ether oxygens (including phenoxy) is 1. The number of rotatable bonds is 5.